The van der Waals surface area contributed by atoms with Gasteiger partial charge in [0.25, 0.3) is 5.56 Å². The van der Waals surface area contributed by atoms with Crippen LogP contribution in [-0.2, 0) is 26.6 Å². The highest BCUT2D eigenvalue weighted by Crippen LogP contribution is 2.37. The number of fused-ring (bicyclic) bond motifs is 1. The highest BCUT2D eigenvalue weighted by Gasteiger charge is 2.30. The van der Waals surface area contributed by atoms with Gasteiger partial charge in [-0.05, 0) is 54.7 Å². The van der Waals surface area contributed by atoms with Gasteiger partial charge >= 0.3 is 5.69 Å². The van der Waals surface area contributed by atoms with Crippen LogP contribution in [0.15, 0.2) is 58.3 Å². The molecule has 196 valence electrons. The standard InChI is InChI=1S/C29H35N3O5/c1-20(22-8-10-25-23(18-22)12-15-36-25)32(24-5-4-6-24)19-21-7-9-26(27(17-21)35-3)37-16-14-31-28(33)11-13-30(2)29(31)34/h7-11,13,17-18,20,24H,4-6,12,14-16,19H2,1-3H3/t20-/m1/s1. The number of hydrogen-bond acceptors (Lipinski definition) is 6. The van der Waals surface area contributed by atoms with Crippen molar-refractivity contribution in [2.45, 2.75) is 57.8 Å². The van der Waals surface area contributed by atoms with Crippen LogP contribution < -0.4 is 25.5 Å². The first kappa shape index (κ1) is 25.1. The predicted molar refractivity (Wildman–Crippen MR) is 142 cm³/mol. The molecule has 0 spiro atoms. The van der Waals surface area contributed by atoms with Crippen molar-refractivity contribution in [1.82, 2.24) is 14.0 Å². The molecule has 1 fully saturated rings. The first-order valence-corrected chi connectivity index (χ1v) is 13.0. The Balaban J connectivity index is 1.29. The minimum absolute atomic E-state index is 0.163. The molecule has 8 nitrogen and oxygen atoms in total. The molecule has 0 bridgehead atoms. The van der Waals surface area contributed by atoms with Gasteiger partial charge in [-0.15, -0.1) is 0 Å². The van der Waals surface area contributed by atoms with E-state index in [1.807, 2.05) is 12.1 Å². The lowest BCUT2D eigenvalue weighted by Crippen LogP contribution is -2.41. The van der Waals surface area contributed by atoms with E-state index in [1.165, 1.54) is 51.8 Å². The van der Waals surface area contributed by atoms with Crippen LogP contribution in [0, 0.1) is 0 Å². The fraction of sp³-hybridized carbons (Fsp3) is 0.448. The lowest BCUT2D eigenvalue weighted by molar-refractivity contribution is 0.0783. The van der Waals surface area contributed by atoms with Gasteiger partial charge in [0.2, 0.25) is 0 Å². The SMILES string of the molecule is COc1cc(CN(C2CCC2)[C@H](C)c2ccc3c(c2)CCO3)ccc1OCCn1c(=O)ccn(C)c1=O. The molecule has 2 aliphatic rings. The summed E-state index contributed by atoms with van der Waals surface area (Å²) in [5, 5.41) is 0. The molecule has 37 heavy (non-hydrogen) atoms. The average molecular weight is 506 g/mol. The summed E-state index contributed by atoms with van der Waals surface area (Å²) in [6.45, 7) is 4.22. The second-order valence-corrected chi connectivity index (χ2v) is 9.93. The smallest absolute Gasteiger partial charge is 0.330 e. The van der Waals surface area contributed by atoms with Crippen LogP contribution in [0.1, 0.15) is 48.9 Å². The van der Waals surface area contributed by atoms with Crippen LogP contribution in [0.3, 0.4) is 0 Å². The van der Waals surface area contributed by atoms with Crippen LogP contribution in [-0.4, -0.2) is 40.4 Å². The normalized spacial score (nSPS) is 15.7. The lowest BCUT2D eigenvalue weighted by atomic mass is 9.88. The molecule has 0 saturated heterocycles. The minimum atomic E-state index is -0.362. The largest absolute Gasteiger partial charge is 0.493 e. The van der Waals surface area contributed by atoms with E-state index in [0.717, 1.165) is 30.9 Å². The van der Waals surface area contributed by atoms with Crippen molar-refractivity contribution in [3.8, 4) is 17.2 Å². The maximum atomic E-state index is 12.2. The Kier molecular flexibility index (Phi) is 7.37. The van der Waals surface area contributed by atoms with Crippen LogP contribution in [0.4, 0.5) is 0 Å². The molecule has 1 aliphatic carbocycles. The van der Waals surface area contributed by atoms with Crippen molar-refractivity contribution in [3.63, 3.8) is 0 Å². The number of benzene rings is 2. The Morgan fingerprint density at radius 1 is 1.11 bits per heavy atom. The Hall–Kier alpha value is -3.52. The number of hydrogen-bond donors (Lipinski definition) is 0. The third kappa shape index (κ3) is 5.30. The zero-order valence-electron chi connectivity index (χ0n) is 21.8. The number of nitrogens with zero attached hydrogens (tertiary/aromatic N) is 3. The zero-order valence-corrected chi connectivity index (χ0v) is 21.8. The van der Waals surface area contributed by atoms with E-state index in [1.54, 1.807) is 14.2 Å². The van der Waals surface area contributed by atoms with Gasteiger partial charge in [-0.1, -0.05) is 24.6 Å². The number of aryl methyl sites for hydroxylation is 1. The first-order valence-electron chi connectivity index (χ1n) is 13.0. The van der Waals surface area contributed by atoms with E-state index in [4.69, 9.17) is 14.2 Å². The summed E-state index contributed by atoms with van der Waals surface area (Å²) in [6, 6.07) is 14.8. The van der Waals surface area contributed by atoms with Crippen LogP contribution in [0.5, 0.6) is 17.2 Å². The fourth-order valence-electron chi connectivity index (χ4n) is 5.17. The Morgan fingerprint density at radius 3 is 2.70 bits per heavy atom. The second-order valence-electron chi connectivity index (χ2n) is 9.93. The van der Waals surface area contributed by atoms with Crippen molar-refractivity contribution in [2.75, 3.05) is 20.3 Å². The molecular weight excluding hydrogens is 470 g/mol. The van der Waals surface area contributed by atoms with E-state index < -0.39 is 0 Å². The minimum Gasteiger partial charge on any atom is -0.493 e. The average Bonchev–Trinajstić information content (AvgIpc) is 3.35. The lowest BCUT2D eigenvalue weighted by Gasteiger charge is -2.42. The first-order chi connectivity index (χ1) is 17.9. The molecular formula is C29H35N3O5. The summed E-state index contributed by atoms with van der Waals surface area (Å²) in [4.78, 5) is 26.9. The summed E-state index contributed by atoms with van der Waals surface area (Å²) in [5.41, 5.74) is 3.08. The van der Waals surface area contributed by atoms with Crippen LogP contribution in [0.25, 0.3) is 0 Å². The molecule has 2 aromatic carbocycles. The Morgan fingerprint density at radius 2 is 1.95 bits per heavy atom. The molecule has 0 amide bonds. The third-order valence-electron chi connectivity index (χ3n) is 7.64. The van der Waals surface area contributed by atoms with Crippen molar-refractivity contribution < 1.29 is 14.2 Å². The number of methoxy groups -OCH3 is 1. The summed E-state index contributed by atoms with van der Waals surface area (Å²) in [6.07, 6.45) is 6.15. The van der Waals surface area contributed by atoms with Crippen LogP contribution in [0.2, 0.25) is 0 Å². The summed E-state index contributed by atoms with van der Waals surface area (Å²) < 4.78 is 19.8. The number of ether oxygens (including phenoxy) is 3. The molecule has 3 aromatic rings. The molecule has 0 unspecified atom stereocenters. The van der Waals surface area contributed by atoms with Gasteiger partial charge in [-0.2, -0.15) is 0 Å². The highest BCUT2D eigenvalue weighted by atomic mass is 16.5. The van der Waals surface area contributed by atoms with Crippen molar-refractivity contribution in [1.29, 1.82) is 0 Å². The molecule has 1 atom stereocenters. The molecule has 1 aliphatic heterocycles. The molecule has 1 aromatic heterocycles. The van der Waals surface area contributed by atoms with Gasteiger partial charge in [0.1, 0.15) is 12.4 Å². The summed E-state index contributed by atoms with van der Waals surface area (Å²) in [5.74, 6) is 2.25. The van der Waals surface area contributed by atoms with Gasteiger partial charge in [0.15, 0.2) is 11.5 Å². The Labute approximate surface area is 217 Å². The topological polar surface area (TPSA) is 74.9 Å². The molecule has 5 rings (SSSR count). The third-order valence-corrected chi connectivity index (χ3v) is 7.64. The molecule has 8 heteroatoms. The summed E-state index contributed by atoms with van der Waals surface area (Å²) >= 11 is 0. The number of aromatic nitrogens is 2. The van der Waals surface area contributed by atoms with Gasteiger partial charge in [-0.25, -0.2) is 4.79 Å². The van der Waals surface area contributed by atoms with Gasteiger partial charge in [0.05, 0.1) is 20.3 Å². The summed E-state index contributed by atoms with van der Waals surface area (Å²) in [7, 11) is 3.25. The number of rotatable bonds is 10. The quantitative estimate of drug-likeness (QED) is 0.419. The molecule has 2 heterocycles. The van der Waals surface area contributed by atoms with Crippen molar-refractivity contribution in [3.05, 3.63) is 86.2 Å². The Bertz CT molecular complexity index is 1370. The molecule has 1 saturated carbocycles. The van der Waals surface area contributed by atoms with E-state index in [-0.39, 0.29) is 30.4 Å². The maximum absolute atomic E-state index is 12.2. The zero-order chi connectivity index (χ0) is 25.9. The van der Waals surface area contributed by atoms with Crippen molar-refractivity contribution in [2.24, 2.45) is 7.05 Å². The maximum Gasteiger partial charge on any atom is 0.330 e. The monoisotopic (exact) mass is 505 g/mol. The van der Waals surface area contributed by atoms with E-state index in [0.29, 0.717) is 17.5 Å². The highest BCUT2D eigenvalue weighted by molar-refractivity contribution is 5.43. The van der Waals surface area contributed by atoms with E-state index >= 15 is 0 Å². The van der Waals surface area contributed by atoms with Crippen LogP contribution >= 0.6 is 0 Å². The van der Waals surface area contributed by atoms with Gasteiger partial charge < -0.3 is 18.8 Å². The molecule has 0 radical (unpaired) electrons. The molecule has 0 N–H and O–H groups in total. The predicted octanol–water partition coefficient (Wildman–Crippen LogP) is 3.69. The van der Waals surface area contributed by atoms with E-state index in [9.17, 15) is 9.59 Å². The second kappa shape index (κ2) is 10.8. The van der Waals surface area contributed by atoms with Crippen molar-refractivity contribution >= 4 is 0 Å². The van der Waals surface area contributed by atoms with E-state index in [2.05, 4.69) is 36.1 Å². The van der Waals surface area contributed by atoms with Gasteiger partial charge in [-0.3, -0.25) is 14.3 Å². The van der Waals surface area contributed by atoms with Gasteiger partial charge in [0, 0.05) is 44.4 Å². The fourth-order valence-corrected chi connectivity index (χ4v) is 5.17.